The van der Waals surface area contributed by atoms with Crippen LogP contribution in [0.2, 0.25) is 0 Å². The van der Waals surface area contributed by atoms with Crippen molar-refractivity contribution < 1.29 is 4.39 Å². The SMILES string of the molecule is Nc1nc2ccc(F)cc2n1CC1CC1. The summed E-state index contributed by atoms with van der Waals surface area (Å²) in [7, 11) is 0. The fourth-order valence-corrected chi connectivity index (χ4v) is 1.86. The summed E-state index contributed by atoms with van der Waals surface area (Å²) >= 11 is 0. The van der Waals surface area contributed by atoms with E-state index >= 15 is 0 Å². The fourth-order valence-electron chi connectivity index (χ4n) is 1.86. The van der Waals surface area contributed by atoms with Gasteiger partial charge in [-0.2, -0.15) is 0 Å². The predicted octanol–water partition coefficient (Wildman–Crippen LogP) is 2.17. The number of benzene rings is 1. The van der Waals surface area contributed by atoms with Crippen molar-refractivity contribution in [2.24, 2.45) is 5.92 Å². The average Bonchev–Trinajstić information content (AvgIpc) is 2.96. The molecule has 1 aromatic heterocycles. The van der Waals surface area contributed by atoms with E-state index in [-0.39, 0.29) is 5.82 Å². The van der Waals surface area contributed by atoms with Gasteiger partial charge in [0.25, 0.3) is 0 Å². The van der Waals surface area contributed by atoms with Crippen LogP contribution in [0.3, 0.4) is 0 Å². The zero-order valence-electron chi connectivity index (χ0n) is 8.28. The van der Waals surface area contributed by atoms with Crippen LogP contribution < -0.4 is 5.73 Å². The molecular weight excluding hydrogens is 193 g/mol. The van der Waals surface area contributed by atoms with Crippen molar-refractivity contribution in [3.05, 3.63) is 24.0 Å². The molecule has 0 saturated heterocycles. The Morgan fingerprint density at radius 3 is 3.00 bits per heavy atom. The Morgan fingerprint density at radius 1 is 1.47 bits per heavy atom. The molecule has 1 heterocycles. The number of rotatable bonds is 2. The Kier molecular flexibility index (Phi) is 1.71. The van der Waals surface area contributed by atoms with Gasteiger partial charge in [0, 0.05) is 6.54 Å². The molecule has 1 aliphatic rings. The van der Waals surface area contributed by atoms with Gasteiger partial charge in [0.2, 0.25) is 5.95 Å². The molecule has 1 fully saturated rings. The molecule has 3 nitrogen and oxygen atoms in total. The molecular formula is C11H12FN3. The summed E-state index contributed by atoms with van der Waals surface area (Å²) in [6.07, 6.45) is 2.49. The van der Waals surface area contributed by atoms with Crippen LogP contribution in [-0.4, -0.2) is 9.55 Å². The second kappa shape index (κ2) is 2.95. The number of anilines is 1. The minimum atomic E-state index is -0.237. The van der Waals surface area contributed by atoms with Crippen LogP contribution in [0.1, 0.15) is 12.8 Å². The van der Waals surface area contributed by atoms with E-state index < -0.39 is 0 Å². The molecule has 2 aromatic rings. The van der Waals surface area contributed by atoms with Crippen molar-refractivity contribution in [2.75, 3.05) is 5.73 Å². The average molecular weight is 205 g/mol. The van der Waals surface area contributed by atoms with Crippen LogP contribution in [0.5, 0.6) is 0 Å². The topological polar surface area (TPSA) is 43.8 Å². The number of hydrogen-bond acceptors (Lipinski definition) is 2. The molecule has 2 N–H and O–H groups in total. The third-order valence-corrected chi connectivity index (χ3v) is 2.88. The summed E-state index contributed by atoms with van der Waals surface area (Å²) < 4.78 is 15.0. The second-order valence-electron chi connectivity index (χ2n) is 4.16. The predicted molar refractivity (Wildman–Crippen MR) is 56.8 cm³/mol. The highest BCUT2D eigenvalue weighted by Crippen LogP contribution is 2.32. The maximum absolute atomic E-state index is 13.1. The summed E-state index contributed by atoms with van der Waals surface area (Å²) in [5, 5.41) is 0. The summed E-state index contributed by atoms with van der Waals surface area (Å²) in [6.45, 7) is 0.867. The number of hydrogen-bond donors (Lipinski definition) is 1. The maximum Gasteiger partial charge on any atom is 0.201 e. The number of nitrogen functional groups attached to an aromatic ring is 1. The van der Waals surface area contributed by atoms with E-state index in [1.165, 1.54) is 25.0 Å². The Balaban J connectivity index is 2.15. The van der Waals surface area contributed by atoms with Crippen molar-refractivity contribution >= 4 is 17.0 Å². The molecule has 3 rings (SSSR count). The lowest BCUT2D eigenvalue weighted by Crippen LogP contribution is -2.04. The number of halogens is 1. The number of imidazole rings is 1. The molecule has 0 aliphatic heterocycles. The molecule has 1 aliphatic carbocycles. The standard InChI is InChI=1S/C11H12FN3/c12-8-3-4-9-10(5-8)15(11(13)14-9)6-7-1-2-7/h3-5,7H,1-2,6H2,(H2,13,14). The van der Waals surface area contributed by atoms with E-state index in [9.17, 15) is 4.39 Å². The zero-order valence-corrected chi connectivity index (χ0v) is 8.28. The van der Waals surface area contributed by atoms with Gasteiger partial charge >= 0.3 is 0 Å². The summed E-state index contributed by atoms with van der Waals surface area (Å²) in [5.41, 5.74) is 7.39. The first-order chi connectivity index (χ1) is 7.24. The molecule has 15 heavy (non-hydrogen) atoms. The van der Waals surface area contributed by atoms with Crippen molar-refractivity contribution in [2.45, 2.75) is 19.4 Å². The lowest BCUT2D eigenvalue weighted by Gasteiger charge is -2.04. The van der Waals surface area contributed by atoms with E-state index in [1.54, 1.807) is 6.07 Å². The first kappa shape index (κ1) is 8.71. The van der Waals surface area contributed by atoms with Crippen LogP contribution in [0.4, 0.5) is 10.3 Å². The minimum Gasteiger partial charge on any atom is -0.369 e. The van der Waals surface area contributed by atoms with Crippen molar-refractivity contribution in [3.63, 3.8) is 0 Å². The van der Waals surface area contributed by atoms with Crippen LogP contribution in [0.15, 0.2) is 18.2 Å². The van der Waals surface area contributed by atoms with Crippen LogP contribution in [0.25, 0.3) is 11.0 Å². The van der Waals surface area contributed by atoms with Crippen molar-refractivity contribution in [1.82, 2.24) is 9.55 Å². The first-order valence-electron chi connectivity index (χ1n) is 5.15. The van der Waals surface area contributed by atoms with E-state index in [0.717, 1.165) is 17.6 Å². The van der Waals surface area contributed by atoms with E-state index in [2.05, 4.69) is 4.98 Å². The third-order valence-electron chi connectivity index (χ3n) is 2.88. The van der Waals surface area contributed by atoms with Gasteiger partial charge in [0.05, 0.1) is 11.0 Å². The molecule has 0 unspecified atom stereocenters. The van der Waals surface area contributed by atoms with Crippen LogP contribution >= 0.6 is 0 Å². The van der Waals surface area contributed by atoms with Gasteiger partial charge in [-0.1, -0.05) is 0 Å². The Labute approximate surface area is 86.7 Å². The summed E-state index contributed by atoms with van der Waals surface area (Å²) in [6, 6.07) is 4.59. The Morgan fingerprint density at radius 2 is 2.27 bits per heavy atom. The van der Waals surface area contributed by atoms with Gasteiger partial charge < -0.3 is 10.3 Å². The van der Waals surface area contributed by atoms with Gasteiger partial charge in [-0.15, -0.1) is 0 Å². The number of fused-ring (bicyclic) bond motifs is 1. The van der Waals surface area contributed by atoms with Crippen molar-refractivity contribution in [1.29, 1.82) is 0 Å². The molecule has 1 aromatic carbocycles. The third kappa shape index (κ3) is 1.46. The Bertz CT molecular complexity index is 514. The summed E-state index contributed by atoms with van der Waals surface area (Å²) in [4.78, 5) is 4.21. The number of aromatic nitrogens is 2. The zero-order chi connectivity index (χ0) is 10.4. The largest absolute Gasteiger partial charge is 0.369 e. The van der Waals surface area contributed by atoms with E-state index in [1.807, 2.05) is 4.57 Å². The molecule has 1 saturated carbocycles. The van der Waals surface area contributed by atoms with Gasteiger partial charge in [0.1, 0.15) is 5.82 Å². The highest BCUT2D eigenvalue weighted by atomic mass is 19.1. The molecule has 0 radical (unpaired) electrons. The van der Waals surface area contributed by atoms with Gasteiger partial charge in [-0.25, -0.2) is 9.37 Å². The molecule has 78 valence electrons. The molecule has 0 amide bonds. The normalized spacial score (nSPS) is 16.1. The smallest absolute Gasteiger partial charge is 0.201 e. The lowest BCUT2D eigenvalue weighted by molar-refractivity contribution is 0.623. The van der Waals surface area contributed by atoms with Crippen molar-refractivity contribution in [3.8, 4) is 0 Å². The van der Waals surface area contributed by atoms with Crippen LogP contribution in [-0.2, 0) is 6.54 Å². The van der Waals surface area contributed by atoms with E-state index in [0.29, 0.717) is 11.9 Å². The molecule has 0 atom stereocenters. The van der Waals surface area contributed by atoms with Gasteiger partial charge in [-0.3, -0.25) is 0 Å². The lowest BCUT2D eigenvalue weighted by atomic mass is 10.3. The molecule has 4 heteroatoms. The minimum absolute atomic E-state index is 0.237. The fraction of sp³-hybridized carbons (Fsp3) is 0.364. The molecule has 0 bridgehead atoms. The quantitative estimate of drug-likeness (QED) is 0.816. The van der Waals surface area contributed by atoms with E-state index in [4.69, 9.17) is 5.73 Å². The number of nitrogens with two attached hydrogens (primary N) is 1. The van der Waals surface area contributed by atoms with Crippen LogP contribution in [0, 0.1) is 11.7 Å². The second-order valence-corrected chi connectivity index (χ2v) is 4.16. The Hall–Kier alpha value is -1.58. The highest BCUT2D eigenvalue weighted by molar-refractivity contribution is 5.78. The van der Waals surface area contributed by atoms with Gasteiger partial charge in [-0.05, 0) is 37.0 Å². The molecule has 0 spiro atoms. The van der Waals surface area contributed by atoms with Gasteiger partial charge in [0.15, 0.2) is 0 Å². The number of nitrogens with zero attached hydrogens (tertiary/aromatic N) is 2. The first-order valence-corrected chi connectivity index (χ1v) is 5.15. The highest BCUT2D eigenvalue weighted by Gasteiger charge is 2.23. The maximum atomic E-state index is 13.1. The summed E-state index contributed by atoms with van der Waals surface area (Å²) in [5.74, 6) is 0.954. The monoisotopic (exact) mass is 205 g/mol.